The van der Waals surface area contributed by atoms with Crippen molar-refractivity contribution in [1.82, 2.24) is 20.0 Å². The lowest BCUT2D eigenvalue weighted by molar-refractivity contribution is -0.125. The van der Waals surface area contributed by atoms with Gasteiger partial charge in [0, 0.05) is 45.8 Å². The van der Waals surface area contributed by atoms with E-state index >= 15 is 0 Å². The average molecular weight is 380 g/mol. The molecule has 0 bridgehead atoms. The molecule has 0 saturated carbocycles. The molecule has 7 nitrogen and oxygen atoms in total. The van der Waals surface area contributed by atoms with Gasteiger partial charge in [-0.3, -0.25) is 15.0 Å². The highest BCUT2D eigenvalue weighted by molar-refractivity contribution is 6.02. The Kier molecular flexibility index (Phi) is 5.33. The van der Waals surface area contributed by atoms with E-state index in [9.17, 15) is 10.1 Å². The van der Waals surface area contributed by atoms with Gasteiger partial charge < -0.3 is 9.80 Å². The number of nitriles is 1. The van der Waals surface area contributed by atoms with Crippen LogP contribution in [0.3, 0.4) is 0 Å². The highest BCUT2D eigenvalue weighted by atomic mass is 16.2. The molecule has 0 unspecified atom stereocenters. The quantitative estimate of drug-likeness (QED) is 0.825. The molecule has 1 N–H and O–H groups in total. The lowest BCUT2D eigenvalue weighted by Gasteiger charge is -2.45. The molecule has 0 aromatic heterocycles. The number of amides is 1. The van der Waals surface area contributed by atoms with Crippen molar-refractivity contribution in [3.8, 4) is 6.07 Å². The topological polar surface area (TPSA) is 75.0 Å². The van der Waals surface area contributed by atoms with E-state index in [1.54, 1.807) is 0 Å². The summed E-state index contributed by atoms with van der Waals surface area (Å²) in [5.74, 6) is -0.230. The van der Waals surface area contributed by atoms with Gasteiger partial charge in [-0.2, -0.15) is 5.26 Å². The van der Waals surface area contributed by atoms with Gasteiger partial charge in [0.05, 0.1) is 11.6 Å². The maximum Gasteiger partial charge on any atom is 0.246 e. The predicted octanol–water partition coefficient (Wildman–Crippen LogP) is 0.894. The number of guanidine groups is 1. The molecule has 3 aliphatic heterocycles. The number of piperazine rings is 1. The lowest BCUT2D eigenvalue weighted by atomic mass is 9.76. The summed E-state index contributed by atoms with van der Waals surface area (Å²) in [6.45, 7) is 6.20. The molecule has 2 fully saturated rings. The highest BCUT2D eigenvalue weighted by Gasteiger charge is 2.49. The third-order valence-electron chi connectivity index (χ3n) is 6.27. The molecule has 4 rings (SSSR count). The van der Waals surface area contributed by atoms with Crippen molar-refractivity contribution in [2.75, 3.05) is 46.3 Å². The Labute approximate surface area is 166 Å². The van der Waals surface area contributed by atoms with Gasteiger partial charge in [0.25, 0.3) is 0 Å². The molecule has 1 aromatic carbocycles. The fourth-order valence-electron chi connectivity index (χ4n) is 4.42. The summed E-state index contributed by atoms with van der Waals surface area (Å²) in [5.41, 5.74) is 0.696. The third kappa shape index (κ3) is 3.75. The van der Waals surface area contributed by atoms with E-state index in [2.05, 4.69) is 57.4 Å². The van der Waals surface area contributed by atoms with Gasteiger partial charge >= 0.3 is 0 Å². The van der Waals surface area contributed by atoms with E-state index < -0.39 is 11.5 Å². The highest BCUT2D eigenvalue weighted by Crippen LogP contribution is 2.37. The molecule has 28 heavy (non-hydrogen) atoms. The fourth-order valence-corrected chi connectivity index (χ4v) is 4.42. The first-order valence-corrected chi connectivity index (χ1v) is 10.1. The number of nitrogens with one attached hydrogen (secondary N) is 1. The fraction of sp³-hybridized carbons (Fsp3) is 0.571. The first kappa shape index (κ1) is 18.9. The number of piperidine rings is 1. The van der Waals surface area contributed by atoms with Crippen LogP contribution in [0.2, 0.25) is 0 Å². The molecular formula is C21H28N6O. The molecule has 3 aliphatic rings. The summed E-state index contributed by atoms with van der Waals surface area (Å²) in [6, 6.07) is 12.7. The van der Waals surface area contributed by atoms with Gasteiger partial charge in [-0.15, -0.1) is 0 Å². The molecule has 2 saturated heterocycles. The van der Waals surface area contributed by atoms with E-state index in [4.69, 9.17) is 4.99 Å². The first-order valence-electron chi connectivity index (χ1n) is 10.1. The molecule has 1 amide bonds. The summed E-state index contributed by atoms with van der Waals surface area (Å²) >= 11 is 0. The SMILES string of the molecule is CN1CCN(C2=NC3(CCN(Cc4ccccc4)CC3)[C@@H](C#N)C(=O)N2)CC1. The number of rotatable bonds is 2. The molecule has 0 aliphatic carbocycles. The van der Waals surface area contributed by atoms with Gasteiger partial charge in [0.2, 0.25) is 11.9 Å². The summed E-state index contributed by atoms with van der Waals surface area (Å²) in [5, 5.41) is 12.6. The van der Waals surface area contributed by atoms with Crippen LogP contribution in [0.5, 0.6) is 0 Å². The Morgan fingerprint density at radius 2 is 1.82 bits per heavy atom. The molecule has 0 radical (unpaired) electrons. The van der Waals surface area contributed by atoms with Crippen LogP contribution in [-0.4, -0.2) is 78.4 Å². The Morgan fingerprint density at radius 1 is 1.14 bits per heavy atom. The minimum atomic E-state index is -0.706. The van der Waals surface area contributed by atoms with Crippen LogP contribution < -0.4 is 5.32 Å². The van der Waals surface area contributed by atoms with Crippen molar-refractivity contribution in [2.45, 2.75) is 24.9 Å². The zero-order chi connectivity index (χ0) is 19.6. The Morgan fingerprint density at radius 3 is 2.46 bits per heavy atom. The predicted molar refractivity (Wildman–Crippen MR) is 107 cm³/mol. The van der Waals surface area contributed by atoms with Crippen LogP contribution in [0.4, 0.5) is 0 Å². The monoisotopic (exact) mass is 380 g/mol. The average Bonchev–Trinajstić information content (AvgIpc) is 2.71. The number of aliphatic imine (C=N–C) groups is 1. The number of hydrogen-bond acceptors (Lipinski definition) is 6. The van der Waals surface area contributed by atoms with E-state index in [1.807, 2.05) is 6.07 Å². The van der Waals surface area contributed by atoms with Crippen molar-refractivity contribution in [3.63, 3.8) is 0 Å². The molecule has 148 valence electrons. The number of carbonyl (C=O) groups is 1. The van der Waals surface area contributed by atoms with Crippen LogP contribution in [-0.2, 0) is 11.3 Å². The van der Waals surface area contributed by atoms with Crippen molar-refractivity contribution in [3.05, 3.63) is 35.9 Å². The standard InChI is InChI=1S/C21H28N6O/c1-25-11-13-27(14-12-25)20-23-19(28)18(15-22)21(24-20)7-9-26(10-8-21)16-17-5-3-2-4-6-17/h2-6,18H,7-14,16H2,1H3,(H,23,24,28)/t18-/m0/s1. The van der Waals surface area contributed by atoms with Crippen molar-refractivity contribution in [1.29, 1.82) is 5.26 Å². The first-order chi connectivity index (χ1) is 13.6. The van der Waals surface area contributed by atoms with Crippen molar-refractivity contribution >= 4 is 11.9 Å². The number of hydrogen-bond donors (Lipinski definition) is 1. The van der Waals surface area contributed by atoms with Crippen LogP contribution in [0, 0.1) is 17.2 Å². The van der Waals surface area contributed by atoms with Gasteiger partial charge in [-0.25, -0.2) is 4.99 Å². The van der Waals surface area contributed by atoms with Crippen molar-refractivity contribution in [2.24, 2.45) is 10.9 Å². The normalized spacial score (nSPS) is 25.9. The van der Waals surface area contributed by atoms with Gasteiger partial charge in [-0.1, -0.05) is 30.3 Å². The van der Waals surface area contributed by atoms with Crippen LogP contribution in [0.25, 0.3) is 0 Å². The third-order valence-corrected chi connectivity index (χ3v) is 6.27. The van der Waals surface area contributed by atoms with Gasteiger partial charge in [-0.05, 0) is 25.5 Å². The van der Waals surface area contributed by atoms with E-state index in [-0.39, 0.29) is 5.91 Å². The van der Waals surface area contributed by atoms with Crippen molar-refractivity contribution < 1.29 is 4.79 Å². The van der Waals surface area contributed by atoms with Crippen LogP contribution in [0.1, 0.15) is 18.4 Å². The van der Waals surface area contributed by atoms with E-state index in [0.717, 1.165) is 58.7 Å². The summed E-state index contributed by atoms with van der Waals surface area (Å²) in [7, 11) is 2.11. The number of likely N-dealkylation sites (N-methyl/N-ethyl adjacent to an activating group) is 1. The molecule has 7 heteroatoms. The lowest BCUT2D eigenvalue weighted by Crippen LogP contribution is -2.61. The number of benzene rings is 1. The number of nitrogens with zero attached hydrogens (tertiary/aromatic N) is 5. The Balaban J connectivity index is 1.50. The molecule has 3 heterocycles. The number of carbonyl (C=O) groups excluding carboxylic acids is 1. The second-order valence-electron chi connectivity index (χ2n) is 8.14. The van der Waals surface area contributed by atoms with Gasteiger partial charge in [0.15, 0.2) is 5.92 Å². The second kappa shape index (κ2) is 7.90. The molecule has 1 atom stereocenters. The summed E-state index contributed by atoms with van der Waals surface area (Å²) in [4.78, 5) is 24.6. The Hall–Kier alpha value is -2.43. The minimum Gasteiger partial charge on any atom is -0.340 e. The summed E-state index contributed by atoms with van der Waals surface area (Å²) in [6.07, 6.45) is 1.48. The molecule has 1 spiro atoms. The maximum absolute atomic E-state index is 12.7. The molecule has 1 aromatic rings. The zero-order valence-electron chi connectivity index (χ0n) is 16.5. The zero-order valence-corrected chi connectivity index (χ0v) is 16.5. The smallest absolute Gasteiger partial charge is 0.246 e. The summed E-state index contributed by atoms with van der Waals surface area (Å²) < 4.78 is 0. The maximum atomic E-state index is 12.7. The van der Waals surface area contributed by atoms with E-state index in [1.165, 1.54) is 5.56 Å². The number of likely N-dealkylation sites (tertiary alicyclic amines) is 1. The second-order valence-corrected chi connectivity index (χ2v) is 8.14. The van der Waals surface area contributed by atoms with Gasteiger partial charge in [0.1, 0.15) is 0 Å². The molecular weight excluding hydrogens is 352 g/mol. The van der Waals surface area contributed by atoms with Crippen LogP contribution >= 0.6 is 0 Å². The largest absolute Gasteiger partial charge is 0.340 e. The van der Waals surface area contributed by atoms with E-state index in [0.29, 0.717) is 5.96 Å². The minimum absolute atomic E-state index is 0.192. The Bertz CT molecular complexity index is 770. The van der Waals surface area contributed by atoms with Crippen LogP contribution in [0.15, 0.2) is 35.3 Å².